The molecule has 1 aliphatic carbocycles. The Kier molecular flexibility index (Phi) is 4.01. The van der Waals surface area contributed by atoms with E-state index >= 15 is 0 Å². The van der Waals surface area contributed by atoms with Crippen LogP contribution < -0.4 is 0 Å². The summed E-state index contributed by atoms with van der Waals surface area (Å²) in [6, 6.07) is 13.8. The Labute approximate surface area is 129 Å². The van der Waals surface area contributed by atoms with Crippen LogP contribution in [0.5, 0.6) is 0 Å². The maximum atomic E-state index is 14.5. The van der Waals surface area contributed by atoms with Gasteiger partial charge in [0.2, 0.25) is 0 Å². The maximum Gasteiger partial charge on any atom is 0.130 e. The lowest BCUT2D eigenvalue weighted by Crippen LogP contribution is -2.08. The lowest BCUT2D eigenvalue weighted by atomic mass is 9.88. The lowest BCUT2D eigenvalue weighted by molar-refractivity contribution is 0.418. The molecule has 0 heterocycles. The number of benzene rings is 2. The molecule has 1 aliphatic rings. The average Bonchev–Trinajstić information content (AvgIpc) is 2.56. The summed E-state index contributed by atoms with van der Waals surface area (Å²) in [7, 11) is 0. The van der Waals surface area contributed by atoms with E-state index in [1.807, 2.05) is 30.3 Å². The van der Waals surface area contributed by atoms with Crippen LogP contribution in [0.15, 0.2) is 67.3 Å². The van der Waals surface area contributed by atoms with Gasteiger partial charge in [-0.3, -0.25) is 0 Å². The van der Waals surface area contributed by atoms with Gasteiger partial charge in [-0.2, -0.15) is 0 Å². The van der Waals surface area contributed by atoms with Crippen molar-refractivity contribution >= 4 is 17.2 Å². The van der Waals surface area contributed by atoms with E-state index in [1.54, 1.807) is 24.3 Å². The van der Waals surface area contributed by atoms with Crippen LogP contribution in [0.2, 0.25) is 0 Å². The van der Waals surface area contributed by atoms with Gasteiger partial charge in [0.05, 0.1) is 0 Å². The van der Waals surface area contributed by atoms with Gasteiger partial charge in [-0.1, -0.05) is 61.2 Å². The van der Waals surface area contributed by atoms with Gasteiger partial charge in [0.15, 0.2) is 0 Å². The molecule has 1 atom stereocenters. The lowest BCUT2D eigenvalue weighted by Gasteiger charge is -2.19. The SMILES string of the molecule is C=Cc1ccc(C2=CC=C(c3ccc(F)cc3)C(F)C2)cc1. The second-order valence-electron chi connectivity index (χ2n) is 5.32. The van der Waals surface area contributed by atoms with Crippen molar-refractivity contribution in [1.29, 1.82) is 0 Å². The van der Waals surface area contributed by atoms with Gasteiger partial charge < -0.3 is 0 Å². The van der Waals surface area contributed by atoms with E-state index < -0.39 is 6.17 Å². The third kappa shape index (κ3) is 2.91. The molecule has 0 fully saturated rings. The third-order valence-electron chi connectivity index (χ3n) is 3.90. The molecule has 22 heavy (non-hydrogen) atoms. The predicted octanol–water partition coefficient (Wildman–Crippen LogP) is 5.68. The van der Waals surface area contributed by atoms with E-state index in [9.17, 15) is 8.78 Å². The maximum absolute atomic E-state index is 14.5. The van der Waals surface area contributed by atoms with Gasteiger partial charge in [0.1, 0.15) is 12.0 Å². The molecule has 0 aromatic heterocycles. The van der Waals surface area contributed by atoms with Gasteiger partial charge in [0.25, 0.3) is 0 Å². The van der Waals surface area contributed by atoms with Crippen molar-refractivity contribution in [2.75, 3.05) is 0 Å². The fourth-order valence-corrected chi connectivity index (χ4v) is 2.63. The Morgan fingerprint density at radius 2 is 1.55 bits per heavy atom. The fourth-order valence-electron chi connectivity index (χ4n) is 2.63. The monoisotopic (exact) mass is 294 g/mol. The van der Waals surface area contributed by atoms with E-state index in [-0.39, 0.29) is 5.82 Å². The van der Waals surface area contributed by atoms with E-state index in [0.29, 0.717) is 12.0 Å². The molecule has 0 N–H and O–H groups in total. The number of hydrogen-bond donors (Lipinski definition) is 0. The number of alkyl halides is 1. The Morgan fingerprint density at radius 1 is 0.909 bits per heavy atom. The molecule has 0 spiro atoms. The van der Waals surface area contributed by atoms with Crippen molar-refractivity contribution in [2.45, 2.75) is 12.6 Å². The standard InChI is InChI=1S/C20H16F2/c1-2-14-3-5-15(6-4-14)17-9-12-19(20(22)13-17)16-7-10-18(21)11-8-16/h2-12,20H,1,13H2. The minimum absolute atomic E-state index is 0.311. The molecule has 0 radical (unpaired) electrons. The molecule has 0 amide bonds. The minimum atomic E-state index is -1.08. The summed E-state index contributed by atoms with van der Waals surface area (Å²) in [4.78, 5) is 0. The molecule has 0 saturated heterocycles. The van der Waals surface area contributed by atoms with Gasteiger partial charge >= 0.3 is 0 Å². The normalized spacial score (nSPS) is 17.6. The molecule has 110 valence electrons. The molecule has 0 saturated carbocycles. The Morgan fingerprint density at radius 3 is 2.14 bits per heavy atom. The number of rotatable bonds is 3. The first-order valence-electron chi connectivity index (χ1n) is 7.21. The van der Waals surface area contributed by atoms with Crippen molar-refractivity contribution in [3.05, 3.63) is 89.8 Å². The van der Waals surface area contributed by atoms with Crippen LogP contribution in [0.25, 0.3) is 17.2 Å². The molecule has 0 nitrogen and oxygen atoms in total. The zero-order valence-corrected chi connectivity index (χ0v) is 12.1. The average molecular weight is 294 g/mol. The van der Waals surface area contributed by atoms with E-state index in [4.69, 9.17) is 0 Å². The van der Waals surface area contributed by atoms with E-state index in [1.165, 1.54) is 12.1 Å². The third-order valence-corrected chi connectivity index (χ3v) is 3.90. The molecule has 0 aliphatic heterocycles. The molecule has 1 unspecified atom stereocenters. The van der Waals surface area contributed by atoms with Crippen LogP contribution in [0.4, 0.5) is 8.78 Å². The fraction of sp³-hybridized carbons (Fsp3) is 0.100. The number of allylic oxidation sites excluding steroid dienone is 4. The first-order chi connectivity index (χ1) is 10.7. The summed E-state index contributed by atoms with van der Waals surface area (Å²) in [6.07, 6.45) is 4.76. The summed E-state index contributed by atoms with van der Waals surface area (Å²) in [5.74, 6) is -0.311. The highest BCUT2D eigenvalue weighted by Gasteiger charge is 2.20. The summed E-state index contributed by atoms with van der Waals surface area (Å²) in [5, 5.41) is 0. The van der Waals surface area contributed by atoms with Gasteiger partial charge in [-0.25, -0.2) is 8.78 Å². The van der Waals surface area contributed by atoms with Gasteiger partial charge in [-0.15, -0.1) is 0 Å². The van der Waals surface area contributed by atoms with Crippen molar-refractivity contribution < 1.29 is 8.78 Å². The van der Waals surface area contributed by atoms with Crippen LogP contribution in [0.3, 0.4) is 0 Å². The van der Waals surface area contributed by atoms with Crippen LogP contribution in [0.1, 0.15) is 23.1 Å². The first-order valence-corrected chi connectivity index (χ1v) is 7.21. The predicted molar refractivity (Wildman–Crippen MR) is 88.4 cm³/mol. The first kappa shape index (κ1) is 14.5. The zero-order valence-electron chi connectivity index (χ0n) is 12.1. The molecule has 3 rings (SSSR count). The smallest absolute Gasteiger partial charge is 0.130 e. The van der Waals surface area contributed by atoms with Gasteiger partial charge in [0, 0.05) is 6.42 Å². The molecular weight excluding hydrogens is 278 g/mol. The van der Waals surface area contributed by atoms with Crippen LogP contribution in [0, 0.1) is 5.82 Å². The van der Waals surface area contributed by atoms with E-state index in [0.717, 1.165) is 22.3 Å². The largest absolute Gasteiger partial charge is 0.242 e. The molecule has 2 aromatic rings. The molecule has 0 bridgehead atoms. The van der Waals surface area contributed by atoms with Crippen LogP contribution in [-0.4, -0.2) is 6.17 Å². The van der Waals surface area contributed by atoms with Crippen molar-refractivity contribution in [3.8, 4) is 0 Å². The van der Waals surface area contributed by atoms with Crippen molar-refractivity contribution in [2.24, 2.45) is 0 Å². The summed E-state index contributed by atoms with van der Waals surface area (Å²) in [6.45, 7) is 3.72. The van der Waals surface area contributed by atoms with Crippen molar-refractivity contribution in [3.63, 3.8) is 0 Å². The zero-order chi connectivity index (χ0) is 15.5. The Balaban J connectivity index is 1.90. The highest BCUT2D eigenvalue weighted by atomic mass is 19.1. The molecular formula is C20H16F2. The summed E-state index contributed by atoms with van der Waals surface area (Å²) >= 11 is 0. The topological polar surface area (TPSA) is 0 Å². The van der Waals surface area contributed by atoms with E-state index in [2.05, 4.69) is 6.58 Å². The minimum Gasteiger partial charge on any atom is -0.242 e. The van der Waals surface area contributed by atoms with Crippen LogP contribution in [-0.2, 0) is 0 Å². The summed E-state index contributed by atoms with van der Waals surface area (Å²) < 4.78 is 27.5. The summed E-state index contributed by atoms with van der Waals surface area (Å²) in [5.41, 5.74) is 4.36. The molecule has 2 aromatic carbocycles. The molecule has 2 heteroatoms. The highest BCUT2D eigenvalue weighted by Crippen LogP contribution is 2.34. The second kappa shape index (κ2) is 6.10. The highest BCUT2D eigenvalue weighted by molar-refractivity contribution is 5.80. The second-order valence-corrected chi connectivity index (χ2v) is 5.32. The number of halogens is 2. The van der Waals surface area contributed by atoms with Crippen molar-refractivity contribution in [1.82, 2.24) is 0 Å². The Bertz CT molecular complexity index is 734. The number of hydrogen-bond acceptors (Lipinski definition) is 0. The van der Waals surface area contributed by atoms with Gasteiger partial charge in [-0.05, 0) is 40.0 Å². The Hall–Kier alpha value is -2.48. The quantitative estimate of drug-likeness (QED) is 0.683. The van der Waals surface area contributed by atoms with Crippen LogP contribution >= 0.6 is 0 Å².